The molecule has 1 fully saturated rings. The molecule has 0 unspecified atom stereocenters. The van der Waals surface area contributed by atoms with E-state index in [1.54, 1.807) is 0 Å². The number of aliphatic carboxylic acids is 1. The van der Waals surface area contributed by atoms with E-state index in [2.05, 4.69) is 0 Å². The number of piperidine rings is 1. The SMILES string of the molecule is COc1cc(C(=O)N2CCCC[C@H]2CO)c([N+](=O)[O-])cc1OCCCCCC(=O)O. The zero-order valence-electron chi connectivity index (χ0n) is 17.0. The second-order valence-corrected chi connectivity index (χ2v) is 7.16. The van der Waals surface area contributed by atoms with Crippen LogP contribution in [0.4, 0.5) is 5.69 Å². The second kappa shape index (κ2) is 11.3. The van der Waals surface area contributed by atoms with Crippen LogP contribution in [0.3, 0.4) is 0 Å². The smallest absolute Gasteiger partial charge is 0.303 e. The lowest BCUT2D eigenvalue weighted by atomic mass is 10.0. The Morgan fingerprint density at radius 3 is 2.63 bits per heavy atom. The maximum absolute atomic E-state index is 13.0. The van der Waals surface area contributed by atoms with Crippen molar-refractivity contribution in [3.05, 3.63) is 27.8 Å². The van der Waals surface area contributed by atoms with Gasteiger partial charge in [-0.15, -0.1) is 0 Å². The zero-order chi connectivity index (χ0) is 22.1. The van der Waals surface area contributed by atoms with Crippen LogP contribution in [0.1, 0.15) is 55.3 Å². The molecule has 1 aliphatic rings. The van der Waals surface area contributed by atoms with Crippen molar-refractivity contribution in [2.24, 2.45) is 0 Å². The van der Waals surface area contributed by atoms with E-state index in [1.807, 2.05) is 0 Å². The van der Waals surface area contributed by atoms with Gasteiger partial charge in [-0.3, -0.25) is 19.7 Å². The lowest BCUT2D eigenvalue weighted by molar-refractivity contribution is -0.385. The van der Waals surface area contributed by atoms with Gasteiger partial charge >= 0.3 is 5.97 Å². The fourth-order valence-corrected chi connectivity index (χ4v) is 3.49. The number of carboxylic acids is 1. The molecule has 166 valence electrons. The summed E-state index contributed by atoms with van der Waals surface area (Å²) in [6.45, 7) is 0.469. The highest BCUT2D eigenvalue weighted by atomic mass is 16.6. The van der Waals surface area contributed by atoms with Crippen molar-refractivity contribution >= 4 is 17.6 Å². The number of amides is 1. The third-order valence-corrected chi connectivity index (χ3v) is 5.10. The van der Waals surface area contributed by atoms with E-state index in [-0.39, 0.29) is 48.4 Å². The molecule has 30 heavy (non-hydrogen) atoms. The second-order valence-electron chi connectivity index (χ2n) is 7.16. The van der Waals surface area contributed by atoms with Crippen molar-refractivity contribution in [3.63, 3.8) is 0 Å². The third kappa shape index (κ3) is 6.06. The molecule has 2 rings (SSSR count). The summed E-state index contributed by atoms with van der Waals surface area (Å²) in [7, 11) is 1.38. The maximum atomic E-state index is 13.0. The van der Waals surface area contributed by atoms with Gasteiger partial charge in [0.2, 0.25) is 0 Å². The molecule has 1 atom stereocenters. The first-order chi connectivity index (χ1) is 14.4. The normalized spacial score (nSPS) is 16.2. The van der Waals surface area contributed by atoms with Crippen molar-refractivity contribution in [1.82, 2.24) is 4.90 Å². The number of nitro groups is 1. The van der Waals surface area contributed by atoms with Crippen LogP contribution in [-0.2, 0) is 4.79 Å². The number of aliphatic hydroxyl groups is 1. The number of nitrogens with zero attached hydrogens (tertiary/aromatic N) is 2. The van der Waals surface area contributed by atoms with E-state index in [9.17, 15) is 24.8 Å². The van der Waals surface area contributed by atoms with Gasteiger partial charge in [0, 0.05) is 19.0 Å². The molecule has 0 saturated carbocycles. The minimum Gasteiger partial charge on any atom is -0.493 e. The van der Waals surface area contributed by atoms with E-state index in [4.69, 9.17) is 14.6 Å². The zero-order valence-corrected chi connectivity index (χ0v) is 17.0. The lowest BCUT2D eigenvalue weighted by Gasteiger charge is -2.34. The monoisotopic (exact) mass is 424 g/mol. The Kier molecular flexibility index (Phi) is 8.85. The largest absolute Gasteiger partial charge is 0.493 e. The molecule has 0 aromatic heterocycles. The standard InChI is InChI=1S/C20H28N2O8/c1-29-17-11-15(20(26)21-9-5-4-7-14(21)13-23)16(22(27)28)12-18(17)30-10-6-2-3-8-19(24)25/h11-12,14,23H,2-10,13H2,1H3,(H,24,25)/t14-/m0/s1. The van der Waals surface area contributed by atoms with Crippen LogP contribution < -0.4 is 9.47 Å². The Morgan fingerprint density at radius 2 is 2.00 bits per heavy atom. The fourth-order valence-electron chi connectivity index (χ4n) is 3.49. The fraction of sp³-hybridized carbons (Fsp3) is 0.600. The molecule has 0 spiro atoms. The summed E-state index contributed by atoms with van der Waals surface area (Å²) in [5, 5.41) is 29.8. The van der Waals surface area contributed by atoms with E-state index in [1.165, 1.54) is 24.1 Å². The number of nitro benzene ring substituents is 1. The number of hydrogen-bond acceptors (Lipinski definition) is 7. The molecule has 1 amide bonds. The number of aliphatic hydroxyl groups excluding tert-OH is 1. The highest BCUT2D eigenvalue weighted by Gasteiger charge is 2.32. The highest BCUT2D eigenvalue weighted by molar-refractivity contribution is 5.99. The first-order valence-corrected chi connectivity index (χ1v) is 10.0. The summed E-state index contributed by atoms with van der Waals surface area (Å²) in [5.74, 6) is -1.02. The molecule has 1 aromatic carbocycles. The number of unbranched alkanes of at least 4 members (excludes halogenated alkanes) is 2. The summed E-state index contributed by atoms with van der Waals surface area (Å²) >= 11 is 0. The third-order valence-electron chi connectivity index (χ3n) is 5.10. The summed E-state index contributed by atoms with van der Waals surface area (Å²) in [6, 6.07) is 2.13. The number of carboxylic acid groups (broad SMARTS) is 1. The van der Waals surface area contributed by atoms with Crippen molar-refractivity contribution in [1.29, 1.82) is 0 Å². The quantitative estimate of drug-likeness (QED) is 0.314. The van der Waals surface area contributed by atoms with Gasteiger partial charge in [0.1, 0.15) is 5.56 Å². The van der Waals surface area contributed by atoms with E-state index < -0.39 is 16.8 Å². The number of benzene rings is 1. The molecule has 0 aliphatic carbocycles. The minimum atomic E-state index is -0.856. The predicted molar refractivity (Wildman–Crippen MR) is 107 cm³/mol. The van der Waals surface area contributed by atoms with Crippen LogP contribution >= 0.6 is 0 Å². The van der Waals surface area contributed by atoms with Crippen LogP contribution in [0.15, 0.2) is 12.1 Å². The molecular formula is C20H28N2O8. The highest BCUT2D eigenvalue weighted by Crippen LogP contribution is 2.36. The summed E-state index contributed by atoms with van der Waals surface area (Å²) < 4.78 is 10.9. The average molecular weight is 424 g/mol. The van der Waals surface area contributed by atoms with Gasteiger partial charge in [-0.2, -0.15) is 0 Å². The molecule has 10 heteroatoms. The van der Waals surface area contributed by atoms with Crippen LogP contribution in [0.5, 0.6) is 11.5 Å². The summed E-state index contributed by atoms with van der Waals surface area (Å²) in [6.07, 6.45) is 4.13. The lowest BCUT2D eigenvalue weighted by Crippen LogP contribution is -2.45. The van der Waals surface area contributed by atoms with Gasteiger partial charge in [0.05, 0.1) is 37.4 Å². The molecule has 0 radical (unpaired) electrons. The number of carbonyl (C=O) groups is 2. The first-order valence-electron chi connectivity index (χ1n) is 10.0. The van der Waals surface area contributed by atoms with Crippen LogP contribution in [0, 0.1) is 10.1 Å². The van der Waals surface area contributed by atoms with Gasteiger partial charge in [0.15, 0.2) is 11.5 Å². The average Bonchev–Trinajstić information content (AvgIpc) is 2.74. The Hall–Kier alpha value is -2.88. The molecular weight excluding hydrogens is 396 g/mol. The summed E-state index contributed by atoms with van der Waals surface area (Å²) in [5.41, 5.74) is -0.491. The number of ether oxygens (including phenoxy) is 2. The van der Waals surface area contributed by atoms with E-state index >= 15 is 0 Å². The van der Waals surface area contributed by atoms with Gasteiger partial charge in [-0.1, -0.05) is 0 Å². The Morgan fingerprint density at radius 1 is 1.23 bits per heavy atom. The topological polar surface area (TPSA) is 139 Å². The molecule has 1 saturated heterocycles. The van der Waals surface area contributed by atoms with Crippen molar-refractivity contribution < 1.29 is 34.2 Å². The van der Waals surface area contributed by atoms with E-state index in [0.717, 1.165) is 12.8 Å². The van der Waals surface area contributed by atoms with Crippen LogP contribution in [-0.4, -0.2) is 64.8 Å². The van der Waals surface area contributed by atoms with Gasteiger partial charge in [-0.25, -0.2) is 0 Å². The number of carbonyl (C=O) groups excluding carboxylic acids is 1. The van der Waals surface area contributed by atoms with E-state index in [0.29, 0.717) is 32.2 Å². The number of hydrogen-bond donors (Lipinski definition) is 2. The van der Waals surface area contributed by atoms with Crippen molar-refractivity contribution in [2.45, 2.75) is 51.0 Å². The first kappa shape index (κ1) is 23.4. The Labute approximate surface area is 174 Å². The van der Waals surface area contributed by atoms with Crippen LogP contribution in [0.2, 0.25) is 0 Å². The number of methoxy groups -OCH3 is 1. The molecule has 1 heterocycles. The predicted octanol–water partition coefficient (Wildman–Crippen LogP) is 2.61. The van der Waals surface area contributed by atoms with Crippen LogP contribution in [0.25, 0.3) is 0 Å². The summed E-state index contributed by atoms with van der Waals surface area (Å²) in [4.78, 5) is 36.0. The number of likely N-dealkylation sites (tertiary alicyclic amines) is 1. The van der Waals surface area contributed by atoms with Gasteiger partial charge < -0.3 is 24.6 Å². The number of rotatable bonds is 11. The van der Waals surface area contributed by atoms with Gasteiger partial charge in [-0.05, 0) is 38.5 Å². The Balaban J connectivity index is 2.18. The van der Waals surface area contributed by atoms with Crippen molar-refractivity contribution in [3.8, 4) is 11.5 Å². The Bertz CT molecular complexity index is 767. The molecule has 1 aliphatic heterocycles. The van der Waals surface area contributed by atoms with Crippen molar-refractivity contribution in [2.75, 3.05) is 26.9 Å². The molecule has 2 N–H and O–H groups in total. The minimum absolute atomic E-state index is 0.0803. The molecule has 0 bridgehead atoms. The molecule has 10 nitrogen and oxygen atoms in total. The maximum Gasteiger partial charge on any atom is 0.303 e. The molecule has 1 aromatic rings. The van der Waals surface area contributed by atoms with Gasteiger partial charge in [0.25, 0.3) is 11.6 Å².